The van der Waals surface area contributed by atoms with Crippen molar-refractivity contribution in [1.29, 1.82) is 0 Å². The van der Waals surface area contributed by atoms with E-state index in [2.05, 4.69) is 5.32 Å². The summed E-state index contributed by atoms with van der Waals surface area (Å²) in [4.78, 5) is 11.6. The van der Waals surface area contributed by atoms with E-state index in [4.69, 9.17) is 10.5 Å². The number of hydrogen-bond acceptors (Lipinski definition) is 3. The monoisotopic (exact) mass is 200 g/mol. The van der Waals surface area contributed by atoms with Crippen LogP contribution in [0.1, 0.15) is 19.8 Å². The molecule has 4 heteroatoms. The van der Waals surface area contributed by atoms with Gasteiger partial charge in [0.2, 0.25) is 5.91 Å². The van der Waals surface area contributed by atoms with E-state index < -0.39 is 0 Å². The minimum Gasteiger partial charge on any atom is -0.381 e. The summed E-state index contributed by atoms with van der Waals surface area (Å²) in [5.74, 6) is 0.668. The molecule has 1 saturated heterocycles. The Balaban J connectivity index is 2.19. The molecule has 1 fully saturated rings. The van der Waals surface area contributed by atoms with Gasteiger partial charge in [-0.25, -0.2) is 0 Å². The van der Waals surface area contributed by atoms with Crippen LogP contribution in [-0.4, -0.2) is 32.2 Å². The predicted molar refractivity (Wildman–Crippen MR) is 54.8 cm³/mol. The van der Waals surface area contributed by atoms with Gasteiger partial charge in [-0.05, 0) is 25.3 Å². The van der Waals surface area contributed by atoms with Gasteiger partial charge in [0, 0.05) is 25.7 Å². The smallest absolute Gasteiger partial charge is 0.223 e. The fourth-order valence-corrected chi connectivity index (χ4v) is 1.46. The maximum Gasteiger partial charge on any atom is 0.223 e. The SMILES string of the molecule is CC(CN)CNC(=O)C1CCOCC1. The average Bonchev–Trinajstić information content (AvgIpc) is 2.26. The van der Waals surface area contributed by atoms with E-state index in [-0.39, 0.29) is 11.8 Å². The Labute approximate surface area is 85.2 Å². The third-order valence-corrected chi connectivity index (χ3v) is 2.62. The van der Waals surface area contributed by atoms with E-state index in [0.717, 1.165) is 12.8 Å². The Morgan fingerprint density at radius 1 is 1.57 bits per heavy atom. The van der Waals surface area contributed by atoms with Gasteiger partial charge in [0.25, 0.3) is 0 Å². The lowest BCUT2D eigenvalue weighted by Crippen LogP contribution is -2.37. The van der Waals surface area contributed by atoms with Gasteiger partial charge >= 0.3 is 0 Å². The minimum atomic E-state index is 0.147. The van der Waals surface area contributed by atoms with Gasteiger partial charge in [-0.2, -0.15) is 0 Å². The highest BCUT2D eigenvalue weighted by molar-refractivity contribution is 5.78. The molecule has 82 valence electrons. The van der Waals surface area contributed by atoms with Crippen molar-refractivity contribution in [3.05, 3.63) is 0 Å². The Morgan fingerprint density at radius 3 is 2.79 bits per heavy atom. The second kappa shape index (κ2) is 5.98. The number of nitrogens with two attached hydrogens (primary N) is 1. The summed E-state index contributed by atoms with van der Waals surface area (Å²) in [5.41, 5.74) is 5.47. The summed E-state index contributed by atoms with van der Waals surface area (Å²) >= 11 is 0. The van der Waals surface area contributed by atoms with Gasteiger partial charge < -0.3 is 15.8 Å². The maximum atomic E-state index is 11.6. The molecular formula is C10H20N2O2. The molecular weight excluding hydrogens is 180 g/mol. The van der Waals surface area contributed by atoms with E-state index in [1.165, 1.54) is 0 Å². The molecule has 14 heavy (non-hydrogen) atoms. The number of rotatable bonds is 4. The van der Waals surface area contributed by atoms with E-state index >= 15 is 0 Å². The van der Waals surface area contributed by atoms with Crippen molar-refractivity contribution in [3.8, 4) is 0 Å². The number of nitrogens with one attached hydrogen (secondary N) is 1. The van der Waals surface area contributed by atoms with Gasteiger partial charge in [-0.3, -0.25) is 4.79 Å². The zero-order chi connectivity index (χ0) is 10.4. The summed E-state index contributed by atoms with van der Waals surface area (Å²) in [7, 11) is 0. The van der Waals surface area contributed by atoms with Crippen LogP contribution in [-0.2, 0) is 9.53 Å². The van der Waals surface area contributed by atoms with Crippen molar-refractivity contribution in [3.63, 3.8) is 0 Å². The molecule has 3 N–H and O–H groups in total. The van der Waals surface area contributed by atoms with Crippen molar-refractivity contribution in [2.45, 2.75) is 19.8 Å². The van der Waals surface area contributed by atoms with Crippen LogP contribution in [0.15, 0.2) is 0 Å². The van der Waals surface area contributed by atoms with E-state index in [0.29, 0.717) is 32.2 Å². The van der Waals surface area contributed by atoms with Crippen molar-refractivity contribution in [2.75, 3.05) is 26.3 Å². The lowest BCUT2D eigenvalue weighted by atomic mass is 9.99. The molecule has 0 saturated carbocycles. The van der Waals surface area contributed by atoms with Crippen LogP contribution < -0.4 is 11.1 Å². The molecule has 1 atom stereocenters. The molecule has 1 unspecified atom stereocenters. The van der Waals surface area contributed by atoms with E-state index in [9.17, 15) is 4.79 Å². The number of amides is 1. The molecule has 1 aliphatic rings. The lowest BCUT2D eigenvalue weighted by molar-refractivity contribution is -0.127. The first kappa shape index (κ1) is 11.5. The first-order chi connectivity index (χ1) is 6.74. The van der Waals surface area contributed by atoms with Crippen LogP contribution >= 0.6 is 0 Å². The third kappa shape index (κ3) is 3.64. The van der Waals surface area contributed by atoms with E-state index in [1.807, 2.05) is 6.92 Å². The fraction of sp³-hybridized carbons (Fsp3) is 0.900. The summed E-state index contributed by atoms with van der Waals surface area (Å²) in [5, 5.41) is 2.93. The molecule has 1 aliphatic heterocycles. The van der Waals surface area contributed by atoms with Crippen LogP contribution in [0.2, 0.25) is 0 Å². The largest absolute Gasteiger partial charge is 0.381 e. The highest BCUT2D eigenvalue weighted by Crippen LogP contribution is 2.14. The molecule has 0 aromatic heterocycles. The third-order valence-electron chi connectivity index (χ3n) is 2.62. The molecule has 0 aromatic carbocycles. The Bertz CT molecular complexity index is 179. The zero-order valence-electron chi connectivity index (χ0n) is 8.79. The quantitative estimate of drug-likeness (QED) is 0.677. The zero-order valence-corrected chi connectivity index (χ0v) is 8.79. The van der Waals surface area contributed by atoms with Gasteiger partial charge in [0.15, 0.2) is 0 Å². The summed E-state index contributed by atoms with van der Waals surface area (Å²) in [6, 6.07) is 0. The summed E-state index contributed by atoms with van der Waals surface area (Å²) in [6.45, 7) is 4.76. The standard InChI is InChI=1S/C10H20N2O2/c1-8(6-11)7-12-10(13)9-2-4-14-5-3-9/h8-9H,2-7,11H2,1H3,(H,12,13). The topological polar surface area (TPSA) is 64.3 Å². The first-order valence-electron chi connectivity index (χ1n) is 5.29. The van der Waals surface area contributed by atoms with Crippen LogP contribution in [0.3, 0.4) is 0 Å². The molecule has 0 aromatic rings. The molecule has 1 amide bonds. The minimum absolute atomic E-state index is 0.147. The molecule has 4 nitrogen and oxygen atoms in total. The Hall–Kier alpha value is -0.610. The molecule has 1 heterocycles. The van der Waals surface area contributed by atoms with Gasteiger partial charge in [0.05, 0.1) is 0 Å². The fourth-order valence-electron chi connectivity index (χ4n) is 1.46. The molecule has 0 radical (unpaired) electrons. The Kier molecular flexibility index (Phi) is 4.90. The molecule has 0 bridgehead atoms. The Morgan fingerprint density at radius 2 is 2.21 bits per heavy atom. The van der Waals surface area contributed by atoms with Crippen LogP contribution in [0.25, 0.3) is 0 Å². The molecule has 1 rings (SSSR count). The average molecular weight is 200 g/mol. The van der Waals surface area contributed by atoms with Crippen LogP contribution in [0.4, 0.5) is 0 Å². The molecule has 0 spiro atoms. The van der Waals surface area contributed by atoms with Crippen LogP contribution in [0.5, 0.6) is 0 Å². The highest BCUT2D eigenvalue weighted by Gasteiger charge is 2.21. The number of carbonyl (C=O) groups is 1. The normalized spacial score (nSPS) is 20.4. The van der Waals surface area contributed by atoms with Crippen molar-refractivity contribution in [2.24, 2.45) is 17.6 Å². The maximum absolute atomic E-state index is 11.6. The second-order valence-electron chi connectivity index (χ2n) is 3.97. The number of ether oxygens (including phenoxy) is 1. The van der Waals surface area contributed by atoms with Gasteiger partial charge in [-0.15, -0.1) is 0 Å². The summed E-state index contributed by atoms with van der Waals surface area (Å²) < 4.78 is 5.20. The van der Waals surface area contributed by atoms with E-state index in [1.54, 1.807) is 0 Å². The van der Waals surface area contributed by atoms with Crippen molar-refractivity contribution < 1.29 is 9.53 Å². The highest BCUT2D eigenvalue weighted by atomic mass is 16.5. The number of carbonyl (C=O) groups excluding carboxylic acids is 1. The van der Waals surface area contributed by atoms with Crippen LogP contribution in [0, 0.1) is 11.8 Å². The van der Waals surface area contributed by atoms with Gasteiger partial charge in [0.1, 0.15) is 0 Å². The van der Waals surface area contributed by atoms with Crippen molar-refractivity contribution >= 4 is 5.91 Å². The predicted octanol–water partition coefficient (Wildman–Crippen LogP) is 0.124. The second-order valence-corrected chi connectivity index (χ2v) is 3.97. The number of hydrogen-bond donors (Lipinski definition) is 2. The summed E-state index contributed by atoms with van der Waals surface area (Å²) in [6.07, 6.45) is 1.70. The van der Waals surface area contributed by atoms with Gasteiger partial charge in [-0.1, -0.05) is 6.92 Å². The first-order valence-corrected chi connectivity index (χ1v) is 5.29. The van der Waals surface area contributed by atoms with Crippen molar-refractivity contribution in [1.82, 2.24) is 5.32 Å². The molecule has 0 aliphatic carbocycles. The lowest BCUT2D eigenvalue weighted by Gasteiger charge is -2.21.